The van der Waals surface area contributed by atoms with Gasteiger partial charge in [0.25, 0.3) is 5.91 Å². The molecule has 3 aromatic rings. The van der Waals surface area contributed by atoms with E-state index in [1.807, 2.05) is 23.1 Å². The first-order chi connectivity index (χ1) is 17.0. The number of halogens is 3. The third-order valence-corrected chi connectivity index (χ3v) is 8.28. The fourth-order valence-electron chi connectivity index (χ4n) is 5.63. The predicted molar refractivity (Wildman–Crippen MR) is 140 cm³/mol. The molecule has 2 unspecified atom stereocenters. The maximum atomic E-state index is 13.3. The lowest BCUT2D eigenvalue weighted by molar-refractivity contribution is 0.0781. The van der Waals surface area contributed by atoms with Gasteiger partial charge in [-0.25, -0.2) is 4.39 Å². The quantitative estimate of drug-likeness (QED) is 0.373. The van der Waals surface area contributed by atoms with Gasteiger partial charge in [-0.3, -0.25) is 4.79 Å². The van der Waals surface area contributed by atoms with E-state index < -0.39 is 0 Å². The molecule has 2 aliphatic rings. The molecule has 0 saturated carbocycles. The molecule has 0 bridgehead atoms. The zero-order valence-corrected chi connectivity index (χ0v) is 21.1. The van der Waals surface area contributed by atoms with Crippen LogP contribution in [0.25, 0.3) is 0 Å². The summed E-state index contributed by atoms with van der Waals surface area (Å²) in [5.74, 6) is 0.943. The topological polar surface area (TPSA) is 23.6 Å². The highest BCUT2D eigenvalue weighted by Crippen LogP contribution is 2.36. The molecule has 0 aliphatic carbocycles. The van der Waals surface area contributed by atoms with Gasteiger partial charge in [-0.2, -0.15) is 0 Å². The number of hydrogen-bond donors (Lipinski definition) is 0. The second kappa shape index (κ2) is 10.7. The fraction of sp³-hybridized carbons (Fsp3) is 0.345. The Kier molecular flexibility index (Phi) is 7.43. The predicted octanol–water partition coefficient (Wildman–Crippen LogP) is 6.87. The van der Waals surface area contributed by atoms with Crippen LogP contribution in [-0.4, -0.2) is 48.4 Å². The number of hydrogen-bond acceptors (Lipinski definition) is 2. The Balaban J connectivity index is 1.28. The van der Waals surface area contributed by atoms with Gasteiger partial charge in [0.2, 0.25) is 0 Å². The molecular formula is C29H29Cl2FN2O. The number of piperidine rings is 1. The molecular weight excluding hydrogens is 482 g/mol. The van der Waals surface area contributed by atoms with Crippen molar-refractivity contribution in [3.63, 3.8) is 0 Å². The summed E-state index contributed by atoms with van der Waals surface area (Å²) >= 11 is 12.2. The Bertz CT molecular complexity index is 1160. The number of carbonyl (C=O) groups is 1. The van der Waals surface area contributed by atoms with Crippen molar-refractivity contribution in [3.8, 4) is 0 Å². The Morgan fingerprint density at radius 2 is 1.57 bits per heavy atom. The minimum atomic E-state index is -0.181. The molecule has 182 valence electrons. The molecule has 2 saturated heterocycles. The van der Waals surface area contributed by atoms with E-state index in [4.69, 9.17) is 23.2 Å². The maximum Gasteiger partial charge on any atom is 0.253 e. The first-order valence-corrected chi connectivity index (χ1v) is 13.0. The molecule has 2 fully saturated rings. The van der Waals surface area contributed by atoms with E-state index in [1.54, 1.807) is 30.3 Å². The average Bonchev–Trinajstić information content (AvgIpc) is 3.30. The van der Waals surface area contributed by atoms with Crippen molar-refractivity contribution >= 4 is 29.1 Å². The number of rotatable bonds is 5. The maximum absolute atomic E-state index is 13.3. The first kappa shape index (κ1) is 24.3. The molecule has 6 heteroatoms. The van der Waals surface area contributed by atoms with E-state index in [2.05, 4.69) is 29.2 Å². The highest BCUT2D eigenvalue weighted by molar-refractivity contribution is 6.42. The Hall–Kier alpha value is -2.40. The van der Waals surface area contributed by atoms with Crippen LogP contribution in [0.5, 0.6) is 0 Å². The van der Waals surface area contributed by atoms with Gasteiger partial charge >= 0.3 is 0 Å². The highest BCUT2D eigenvalue weighted by Gasteiger charge is 2.38. The minimum Gasteiger partial charge on any atom is -0.338 e. The highest BCUT2D eigenvalue weighted by atomic mass is 35.5. The largest absolute Gasteiger partial charge is 0.338 e. The van der Waals surface area contributed by atoms with Crippen molar-refractivity contribution in [2.45, 2.75) is 24.7 Å². The lowest BCUT2D eigenvalue weighted by Crippen LogP contribution is -2.38. The van der Waals surface area contributed by atoms with Gasteiger partial charge in [0.1, 0.15) is 5.82 Å². The van der Waals surface area contributed by atoms with Crippen molar-refractivity contribution in [1.82, 2.24) is 9.80 Å². The summed E-state index contributed by atoms with van der Waals surface area (Å²) in [5, 5.41) is 0.852. The van der Waals surface area contributed by atoms with Crippen LogP contribution < -0.4 is 0 Å². The molecule has 0 N–H and O–H groups in total. The van der Waals surface area contributed by atoms with Crippen molar-refractivity contribution in [1.29, 1.82) is 0 Å². The molecule has 2 heterocycles. The summed E-state index contributed by atoms with van der Waals surface area (Å²) in [6.07, 6.45) is 2.14. The molecule has 3 aromatic carbocycles. The standard InChI is InChI=1S/C29H29Cl2FN2O/c30-27-11-8-23(16-28(27)31)29(35)34-18-24(26(19-34)22-4-2-1-3-5-22)17-33-14-12-21(13-15-33)20-6-9-25(32)10-7-20/h1-11,16,21,24,26H,12-15,17-19H2. The number of carbonyl (C=O) groups excluding carboxylic acids is 1. The zero-order chi connectivity index (χ0) is 24.4. The Morgan fingerprint density at radius 1 is 0.857 bits per heavy atom. The van der Waals surface area contributed by atoms with Gasteiger partial charge in [-0.15, -0.1) is 0 Å². The van der Waals surface area contributed by atoms with E-state index >= 15 is 0 Å². The summed E-state index contributed by atoms with van der Waals surface area (Å²) in [7, 11) is 0. The number of amides is 1. The molecule has 35 heavy (non-hydrogen) atoms. The zero-order valence-electron chi connectivity index (χ0n) is 19.5. The van der Waals surface area contributed by atoms with Gasteiger partial charge in [0, 0.05) is 31.1 Å². The number of benzene rings is 3. The van der Waals surface area contributed by atoms with Crippen LogP contribution in [0.4, 0.5) is 4.39 Å². The molecule has 0 aromatic heterocycles. The van der Waals surface area contributed by atoms with Crippen molar-refractivity contribution in [2.24, 2.45) is 5.92 Å². The van der Waals surface area contributed by atoms with Gasteiger partial charge in [0.05, 0.1) is 10.0 Å². The van der Waals surface area contributed by atoms with Gasteiger partial charge in [-0.05, 0) is 79.2 Å². The van der Waals surface area contributed by atoms with E-state index in [0.717, 1.165) is 39.0 Å². The van der Waals surface area contributed by atoms with E-state index in [1.165, 1.54) is 11.1 Å². The van der Waals surface area contributed by atoms with Crippen LogP contribution in [0, 0.1) is 11.7 Å². The third kappa shape index (κ3) is 5.55. The molecule has 0 spiro atoms. The van der Waals surface area contributed by atoms with Crippen LogP contribution in [0.15, 0.2) is 72.8 Å². The lowest BCUT2D eigenvalue weighted by Gasteiger charge is -2.34. The van der Waals surface area contributed by atoms with Crippen LogP contribution in [0.1, 0.15) is 46.2 Å². The van der Waals surface area contributed by atoms with E-state index in [9.17, 15) is 9.18 Å². The molecule has 1 amide bonds. The van der Waals surface area contributed by atoms with Crippen molar-refractivity contribution in [2.75, 3.05) is 32.7 Å². The summed E-state index contributed by atoms with van der Waals surface area (Å²) in [6.45, 7) is 4.40. The van der Waals surface area contributed by atoms with Crippen LogP contribution >= 0.6 is 23.2 Å². The molecule has 0 radical (unpaired) electrons. The Labute approximate surface area is 216 Å². The minimum absolute atomic E-state index is 0.00187. The van der Waals surface area contributed by atoms with Gasteiger partial charge in [0.15, 0.2) is 0 Å². The second-order valence-corrected chi connectivity index (χ2v) is 10.6. The normalized spacial score (nSPS) is 21.4. The number of nitrogens with zero attached hydrogens (tertiary/aromatic N) is 2. The summed E-state index contributed by atoms with van der Waals surface area (Å²) in [6, 6.07) is 22.6. The van der Waals surface area contributed by atoms with Crippen LogP contribution in [0.3, 0.4) is 0 Å². The average molecular weight is 511 g/mol. The Morgan fingerprint density at radius 3 is 2.26 bits per heavy atom. The SMILES string of the molecule is O=C(c1ccc(Cl)c(Cl)c1)N1CC(CN2CCC(c3ccc(F)cc3)CC2)C(c2ccccc2)C1. The summed E-state index contributed by atoms with van der Waals surface area (Å²) in [5.41, 5.74) is 3.09. The third-order valence-electron chi connectivity index (χ3n) is 7.54. The van der Waals surface area contributed by atoms with Gasteiger partial charge in [-0.1, -0.05) is 65.7 Å². The lowest BCUT2D eigenvalue weighted by atomic mass is 9.86. The van der Waals surface area contributed by atoms with Crippen LogP contribution in [0.2, 0.25) is 10.0 Å². The molecule has 3 nitrogen and oxygen atoms in total. The molecule has 5 rings (SSSR count). The molecule has 2 aliphatic heterocycles. The van der Waals surface area contributed by atoms with Gasteiger partial charge < -0.3 is 9.80 Å². The summed E-state index contributed by atoms with van der Waals surface area (Å²) in [4.78, 5) is 17.8. The smallest absolute Gasteiger partial charge is 0.253 e. The first-order valence-electron chi connectivity index (χ1n) is 12.2. The van der Waals surface area contributed by atoms with E-state index in [0.29, 0.717) is 34.0 Å². The second-order valence-electron chi connectivity index (χ2n) is 9.74. The monoisotopic (exact) mass is 510 g/mol. The van der Waals surface area contributed by atoms with E-state index in [-0.39, 0.29) is 17.6 Å². The number of likely N-dealkylation sites (tertiary alicyclic amines) is 2. The summed E-state index contributed by atoms with van der Waals surface area (Å²) < 4.78 is 13.3. The molecule has 2 atom stereocenters. The van der Waals surface area contributed by atoms with Crippen molar-refractivity contribution in [3.05, 3.63) is 105 Å². The van der Waals surface area contributed by atoms with Crippen LogP contribution in [-0.2, 0) is 0 Å². The fourth-order valence-corrected chi connectivity index (χ4v) is 5.93. The van der Waals surface area contributed by atoms with Crippen molar-refractivity contribution < 1.29 is 9.18 Å².